The lowest BCUT2D eigenvalue weighted by molar-refractivity contribution is -0.382. The molecule has 0 fully saturated rings. The quantitative estimate of drug-likeness (QED) is 0.578. The molecule has 8 heteroatoms. The third-order valence-corrected chi connectivity index (χ3v) is 3.82. The molecule has 8 nitrogen and oxygen atoms in total. The summed E-state index contributed by atoms with van der Waals surface area (Å²) in [6.45, 7) is 3.91. The van der Waals surface area contributed by atoms with Crippen LogP contribution in [0.25, 0.3) is 11.0 Å². The number of nitrogens with zero attached hydrogens (tertiary/aromatic N) is 4. The summed E-state index contributed by atoms with van der Waals surface area (Å²) in [7, 11) is 3.66. The molecule has 0 aliphatic rings. The number of fused-ring (bicyclic) bond motifs is 1. The first-order valence-electron chi connectivity index (χ1n) is 7.33. The van der Waals surface area contributed by atoms with Crippen LogP contribution in [-0.4, -0.2) is 29.3 Å². The lowest BCUT2D eigenvalue weighted by Crippen LogP contribution is -2.10. The molecular weight excluding hydrogens is 310 g/mol. The average molecular weight is 327 g/mol. The van der Waals surface area contributed by atoms with Crippen LogP contribution in [0.15, 0.2) is 28.9 Å². The molecule has 0 saturated carbocycles. The van der Waals surface area contributed by atoms with Crippen LogP contribution in [0.5, 0.6) is 0 Å². The van der Waals surface area contributed by atoms with E-state index in [2.05, 4.69) is 15.6 Å². The van der Waals surface area contributed by atoms with Gasteiger partial charge in [-0.1, -0.05) is 12.1 Å². The van der Waals surface area contributed by atoms with Crippen molar-refractivity contribution in [2.24, 2.45) is 0 Å². The number of nitro groups is 1. The third kappa shape index (κ3) is 2.62. The lowest BCUT2D eigenvalue weighted by atomic mass is 10.1. The predicted molar refractivity (Wildman–Crippen MR) is 92.0 cm³/mol. The number of aromatic nitrogens is 2. The van der Waals surface area contributed by atoms with E-state index < -0.39 is 4.92 Å². The van der Waals surface area contributed by atoms with Crippen LogP contribution in [-0.2, 0) is 0 Å². The maximum Gasteiger partial charge on any atom is 0.324 e. The van der Waals surface area contributed by atoms with E-state index in [-0.39, 0.29) is 11.2 Å². The molecule has 0 amide bonds. The van der Waals surface area contributed by atoms with Crippen LogP contribution < -0.4 is 10.2 Å². The summed E-state index contributed by atoms with van der Waals surface area (Å²) in [5.41, 5.74) is 4.21. The smallest absolute Gasteiger partial charge is 0.324 e. The van der Waals surface area contributed by atoms with Gasteiger partial charge in [0.05, 0.1) is 10.6 Å². The van der Waals surface area contributed by atoms with Crippen molar-refractivity contribution in [1.29, 1.82) is 0 Å². The second-order valence-corrected chi connectivity index (χ2v) is 5.85. The van der Waals surface area contributed by atoms with Crippen molar-refractivity contribution < 1.29 is 9.55 Å². The molecule has 2 aromatic carbocycles. The number of nitro benzene ring substituents is 1. The van der Waals surface area contributed by atoms with Crippen molar-refractivity contribution in [1.82, 2.24) is 10.3 Å². The summed E-state index contributed by atoms with van der Waals surface area (Å²) in [6, 6.07) is 7.59. The number of hydrogen-bond acceptors (Lipinski definition) is 7. The van der Waals surface area contributed by atoms with Crippen LogP contribution in [0.1, 0.15) is 11.1 Å². The second kappa shape index (κ2) is 5.80. The van der Waals surface area contributed by atoms with Crippen molar-refractivity contribution in [2.45, 2.75) is 13.8 Å². The monoisotopic (exact) mass is 327 g/mol. The van der Waals surface area contributed by atoms with Crippen molar-refractivity contribution in [3.05, 3.63) is 45.5 Å². The highest BCUT2D eigenvalue weighted by molar-refractivity contribution is 6.00. The fourth-order valence-corrected chi connectivity index (χ4v) is 2.55. The van der Waals surface area contributed by atoms with Crippen molar-refractivity contribution in [2.75, 3.05) is 24.3 Å². The average Bonchev–Trinajstić information content (AvgIpc) is 2.98. The first-order valence-corrected chi connectivity index (χ1v) is 7.33. The Balaban J connectivity index is 2.24. The molecule has 1 N–H and O–H groups in total. The highest BCUT2D eigenvalue weighted by Crippen LogP contribution is 2.39. The van der Waals surface area contributed by atoms with Gasteiger partial charge in [0.25, 0.3) is 0 Å². The number of hydrogen-bond donors (Lipinski definition) is 1. The molecule has 24 heavy (non-hydrogen) atoms. The highest BCUT2D eigenvalue weighted by Gasteiger charge is 2.26. The summed E-state index contributed by atoms with van der Waals surface area (Å²) in [4.78, 5) is 12.9. The van der Waals surface area contributed by atoms with Gasteiger partial charge >= 0.3 is 5.69 Å². The van der Waals surface area contributed by atoms with Gasteiger partial charge in [-0.3, -0.25) is 10.1 Å². The Labute approximate surface area is 138 Å². The first-order chi connectivity index (χ1) is 11.4. The zero-order valence-electron chi connectivity index (χ0n) is 13.8. The fourth-order valence-electron chi connectivity index (χ4n) is 2.55. The Bertz CT molecular complexity index is 933. The summed E-state index contributed by atoms with van der Waals surface area (Å²) >= 11 is 0. The topological polar surface area (TPSA) is 97.3 Å². The lowest BCUT2D eigenvalue weighted by Gasteiger charge is -2.16. The van der Waals surface area contributed by atoms with Gasteiger partial charge in [-0.2, -0.15) is 0 Å². The molecule has 0 aliphatic carbocycles. The molecule has 124 valence electrons. The van der Waals surface area contributed by atoms with Gasteiger partial charge in [0.1, 0.15) is 5.69 Å². The minimum atomic E-state index is -0.473. The highest BCUT2D eigenvalue weighted by atomic mass is 16.6. The fraction of sp³-hybridized carbons (Fsp3) is 0.250. The molecule has 1 aromatic heterocycles. The number of nitrogens with one attached hydrogen (secondary N) is 1. The van der Waals surface area contributed by atoms with E-state index in [1.54, 1.807) is 6.07 Å². The maximum absolute atomic E-state index is 11.6. The van der Waals surface area contributed by atoms with Crippen molar-refractivity contribution >= 4 is 33.8 Å². The van der Waals surface area contributed by atoms with Crippen LogP contribution in [0.2, 0.25) is 0 Å². The van der Waals surface area contributed by atoms with E-state index >= 15 is 0 Å². The Morgan fingerprint density at radius 3 is 2.50 bits per heavy atom. The zero-order valence-corrected chi connectivity index (χ0v) is 13.8. The second-order valence-electron chi connectivity index (χ2n) is 5.85. The Morgan fingerprint density at radius 1 is 1.12 bits per heavy atom. The summed E-state index contributed by atoms with van der Waals surface area (Å²) in [6.07, 6.45) is 0. The van der Waals surface area contributed by atoms with Gasteiger partial charge in [-0.15, -0.1) is 0 Å². The Hall–Kier alpha value is -3.16. The van der Waals surface area contributed by atoms with E-state index in [4.69, 9.17) is 4.63 Å². The number of aryl methyl sites for hydroxylation is 2. The third-order valence-electron chi connectivity index (χ3n) is 3.82. The molecule has 0 saturated heterocycles. The molecule has 0 unspecified atom stereocenters. The van der Waals surface area contributed by atoms with E-state index in [1.165, 1.54) is 0 Å². The van der Waals surface area contributed by atoms with Gasteiger partial charge in [0.15, 0.2) is 5.52 Å². The molecule has 0 radical (unpaired) electrons. The number of anilines is 3. The van der Waals surface area contributed by atoms with Crippen molar-refractivity contribution in [3.63, 3.8) is 0 Å². The van der Waals surface area contributed by atoms with E-state index in [0.29, 0.717) is 16.9 Å². The molecule has 0 spiro atoms. The number of rotatable bonds is 4. The molecule has 1 heterocycles. The van der Waals surface area contributed by atoms with Gasteiger partial charge in [0, 0.05) is 19.8 Å². The van der Waals surface area contributed by atoms with E-state index in [0.717, 1.165) is 16.8 Å². The molecule has 3 aromatic rings. The number of benzene rings is 2. The standard InChI is InChI=1S/C16H17N5O3/c1-9-5-6-10(2)11(7-9)17-12-8-13(20(3)4)14-15(19-24-18-14)16(12)21(22)23/h5-8,17H,1-4H3. The minimum absolute atomic E-state index is 0.124. The minimum Gasteiger partial charge on any atom is -0.376 e. The molecular formula is C16H17N5O3. The van der Waals surface area contributed by atoms with Gasteiger partial charge in [-0.05, 0) is 47.4 Å². The molecule has 0 aliphatic heterocycles. The van der Waals surface area contributed by atoms with Crippen LogP contribution in [0.4, 0.5) is 22.7 Å². The van der Waals surface area contributed by atoms with Crippen LogP contribution in [0.3, 0.4) is 0 Å². The van der Waals surface area contributed by atoms with Gasteiger partial charge in [0.2, 0.25) is 5.52 Å². The van der Waals surface area contributed by atoms with Crippen molar-refractivity contribution in [3.8, 4) is 0 Å². The van der Waals surface area contributed by atoms with Crippen LogP contribution >= 0.6 is 0 Å². The zero-order chi connectivity index (χ0) is 17.4. The van der Waals surface area contributed by atoms with Gasteiger partial charge in [-0.25, -0.2) is 4.63 Å². The van der Waals surface area contributed by atoms with E-state index in [1.807, 2.05) is 51.0 Å². The molecule has 0 atom stereocenters. The SMILES string of the molecule is Cc1ccc(C)c(Nc2cc(N(C)C)c3nonc3c2[N+](=O)[O-])c1. The summed E-state index contributed by atoms with van der Waals surface area (Å²) < 4.78 is 4.74. The molecule has 0 bridgehead atoms. The summed E-state index contributed by atoms with van der Waals surface area (Å²) in [5, 5.41) is 22.3. The summed E-state index contributed by atoms with van der Waals surface area (Å²) in [5.74, 6) is 0. The van der Waals surface area contributed by atoms with Crippen LogP contribution in [0, 0.1) is 24.0 Å². The Morgan fingerprint density at radius 2 is 1.83 bits per heavy atom. The van der Waals surface area contributed by atoms with E-state index in [9.17, 15) is 10.1 Å². The predicted octanol–water partition coefficient (Wildman–Crippen LogP) is 3.56. The molecule has 3 rings (SSSR count). The Kier molecular flexibility index (Phi) is 3.80. The normalized spacial score (nSPS) is 10.8. The first kappa shape index (κ1) is 15.7. The maximum atomic E-state index is 11.6. The van der Waals surface area contributed by atoms with Gasteiger partial charge < -0.3 is 10.2 Å². The largest absolute Gasteiger partial charge is 0.376 e.